The SMILES string of the molecule is CCN(C(F)(c1cccc(Cl)c1)C(F)F)S(=O)(=O)c1cncc(C#N)c1. The topological polar surface area (TPSA) is 74.1 Å². The van der Waals surface area contributed by atoms with Gasteiger partial charge in [-0.05, 0) is 18.2 Å². The van der Waals surface area contributed by atoms with Gasteiger partial charge in [-0.25, -0.2) is 21.6 Å². The number of rotatable bonds is 6. The molecule has 0 spiro atoms. The number of benzene rings is 1. The highest BCUT2D eigenvalue weighted by molar-refractivity contribution is 7.89. The molecule has 0 amide bonds. The summed E-state index contributed by atoms with van der Waals surface area (Å²) in [6, 6.07) is 7.19. The van der Waals surface area contributed by atoms with Crippen molar-refractivity contribution in [1.29, 1.82) is 5.26 Å². The molecule has 0 saturated heterocycles. The number of nitriles is 1. The van der Waals surface area contributed by atoms with Gasteiger partial charge < -0.3 is 0 Å². The molecule has 1 aromatic heterocycles. The summed E-state index contributed by atoms with van der Waals surface area (Å²) in [4.78, 5) is 3.03. The molecule has 0 radical (unpaired) electrons. The van der Waals surface area contributed by atoms with Crippen LogP contribution < -0.4 is 0 Å². The molecule has 0 aliphatic carbocycles. The minimum Gasteiger partial charge on any atom is -0.262 e. The number of pyridine rings is 1. The molecular weight excluding hydrogens is 391 g/mol. The van der Waals surface area contributed by atoms with Gasteiger partial charge in [-0.3, -0.25) is 4.98 Å². The van der Waals surface area contributed by atoms with Crippen molar-refractivity contribution in [2.45, 2.75) is 24.0 Å². The molecule has 2 rings (SSSR count). The third kappa shape index (κ3) is 3.53. The number of aromatic nitrogens is 1. The maximum Gasteiger partial charge on any atom is 0.290 e. The van der Waals surface area contributed by atoms with E-state index in [2.05, 4.69) is 4.98 Å². The number of alkyl halides is 3. The number of hydrogen-bond acceptors (Lipinski definition) is 4. The number of nitrogens with zero attached hydrogens (tertiary/aromatic N) is 3. The highest BCUT2D eigenvalue weighted by atomic mass is 35.5. The first kappa shape index (κ1) is 20.2. The van der Waals surface area contributed by atoms with Crippen molar-refractivity contribution in [2.75, 3.05) is 6.54 Å². The van der Waals surface area contributed by atoms with Gasteiger partial charge in [0.1, 0.15) is 11.0 Å². The fourth-order valence-corrected chi connectivity index (χ4v) is 4.20. The fourth-order valence-electron chi connectivity index (χ4n) is 2.41. The van der Waals surface area contributed by atoms with Crippen molar-refractivity contribution in [2.24, 2.45) is 0 Å². The molecule has 0 fully saturated rings. The van der Waals surface area contributed by atoms with E-state index in [1.807, 2.05) is 0 Å². The highest BCUT2D eigenvalue weighted by Crippen LogP contribution is 2.40. The zero-order valence-electron chi connectivity index (χ0n) is 13.4. The molecule has 26 heavy (non-hydrogen) atoms. The molecular formula is C16H13ClF3N3O2S. The molecule has 1 heterocycles. The number of halogens is 4. The lowest BCUT2D eigenvalue weighted by atomic mass is 10.0. The van der Waals surface area contributed by atoms with Gasteiger partial charge in [0, 0.05) is 29.5 Å². The summed E-state index contributed by atoms with van der Waals surface area (Å²) in [5.41, 5.74) is -0.707. The standard InChI is InChI=1S/C16H13ClF3N3O2S/c1-2-23(26(24,25)14-6-11(8-21)9-22-10-14)16(20,15(18)19)12-4-3-5-13(17)7-12/h3-7,9-10,15H,2H2,1H3. The van der Waals surface area contributed by atoms with Gasteiger partial charge in [-0.1, -0.05) is 30.7 Å². The maximum atomic E-state index is 15.5. The second kappa shape index (κ2) is 7.61. The summed E-state index contributed by atoms with van der Waals surface area (Å²) in [5, 5.41) is 8.85. The van der Waals surface area contributed by atoms with Crippen LogP contribution in [0, 0.1) is 11.3 Å². The van der Waals surface area contributed by atoms with Crippen LogP contribution >= 0.6 is 11.6 Å². The quantitative estimate of drug-likeness (QED) is 0.689. The zero-order valence-corrected chi connectivity index (χ0v) is 15.0. The Kier molecular flexibility index (Phi) is 5.91. The van der Waals surface area contributed by atoms with Gasteiger partial charge in [-0.15, -0.1) is 0 Å². The smallest absolute Gasteiger partial charge is 0.262 e. The Hall–Kier alpha value is -2.15. The second-order valence-electron chi connectivity index (χ2n) is 5.18. The third-order valence-corrected chi connectivity index (χ3v) is 5.76. The Morgan fingerprint density at radius 3 is 2.58 bits per heavy atom. The van der Waals surface area contributed by atoms with Crippen LogP contribution in [-0.2, 0) is 15.8 Å². The highest BCUT2D eigenvalue weighted by Gasteiger charge is 2.53. The lowest BCUT2D eigenvalue weighted by molar-refractivity contribution is -0.111. The molecule has 10 heteroatoms. The van der Waals surface area contributed by atoms with E-state index in [0.717, 1.165) is 30.6 Å². The summed E-state index contributed by atoms with van der Waals surface area (Å²) < 4.78 is 68.6. The largest absolute Gasteiger partial charge is 0.290 e. The second-order valence-corrected chi connectivity index (χ2v) is 7.47. The third-order valence-electron chi connectivity index (χ3n) is 3.60. The first-order valence-electron chi connectivity index (χ1n) is 7.29. The van der Waals surface area contributed by atoms with Crippen LogP contribution in [0.3, 0.4) is 0 Å². The summed E-state index contributed by atoms with van der Waals surface area (Å²) in [5.74, 6) is -3.65. The Morgan fingerprint density at radius 1 is 1.35 bits per heavy atom. The molecule has 138 valence electrons. The minimum absolute atomic E-state index is 0.0215. The van der Waals surface area contributed by atoms with Gasteiger partial charge in [0.25, 0.3) is 12.2 Å². The molecule has 5 nitrogen and oxygen atoms in total. The molecule has 1 atom stereocenters. The number of hydrogen-bond donors (Lipinski definition) is 0. The molecule has 0 bridgehead atoms. The van der Waals surface area contributed by atoms with E-state index in [0.29, 0.717) is 0 Å². The van der Waals surface area contributed by atoms with Crippen molar-refractivity contribution >= 4 is 21.6 Å². The van der Waals surface area contributed by atoms with Crippen molar-refractivity contribution in [3.8, 4) is 6.07 Å². The Balaban J connectivity index is 2.67. The summed E-state index contributed by atoms with van der Waals surface area (Å²) in [6.07, 6.45) is -1.73. The van der Waals surface area contributed by atoms with Crippen LogP contribution in [0.4, 0.5) is 13.2 Å². The first-order valence-corrected chi connectivity index (χ1v) is 9.10. The average molecular weight is 404 g/mol. The van der Waals surface area contributed by atoms with Gasteiger partial charge in [0.2, 0.25) is 10.0 Å². The summed E-state index contributed by atoms with van der Waals surface area (Å²) in [7, 11) is -4.73. The van der Waals surface area contributed by atoms with E-state index in [1.54, 1.807) is 6.07 Å². The first-order chi connectivity index (χ1) is 12.2. The lowest BCUT2D eigenvalue weighted by Gasteiger charge is -2.35. The normalized spacial score (nSPS) is 14.2. The molecule has 0 saturated carbocycles. The molecule has 1 unspecified atom stereocenters. The predicted molar refractivity (Wildman–Crippen MR) is 88.8 cm³/mol. The Labute approximate surface area is 153 Å². The van der Waals surface area contributed by atoms with E-state index in [9.17, 15) is 17.2 Å². The van der Waals surface area contributed by atoms with Crippen LogP contribution in [0.2, 0.25) is 5.02 Å². The maximum absolute atomic E-state index is 15.5. The average Bonchev–Trinajstić information content (AvgIpc) is 2.61. The fraction of sp³-hybridized carbons (Fsp3) is 0.250. The molecule has 0 aliphatic rings. The minimum atomic E-state index is -4.73. The van der Waals surface area contributed by atoms with Crippen LogP contribution in [-0.4, -0.2) is 30.7 Å². The molecule has 1 aromatic carbocycles. The van der Waals surface area contributed by atoms with Crippen molar-refractivity contribution < 1.29 is 21.6 Å². The van der Waals surface area contributed by atoms with Gasteiger partial charge in [-0.2, -0.15) is 9.57 Å². The van der Waals surface area contributed by atoms with Crippen LogP contribution in [0.25, 0.3) is 0 Å². The van der Waals surface area contributed by atoms with Crippen molar-refractivity contribution in [3.63, 3.8) is 0 Å². The van der Waals surface area contributed by atoms with Gasteiger partial charge in [0.15, 0.2) is 0 Å². The van der Waals surface area contributed by atoms with Crippen molar-refractivity contribution in [3.05, 3.63) is 58.9 Å². The Morgan fingerprint density at radius 2 is 2.04 bits per heavy atom. The number of sulfonamides is 1. The molecule has 0 aliphatic heterocycles. The summed E-state index contributed by atoms with van der Waals surface area (Å²) >= 11 is 5.75. The van der Waals surface area contributed by atoms with Crippen LogP contribution in [0.1, 0.15) is 18.1 Å². The van der Waals surface area contributed by atoms with Gasteiger partial charge >= 0.3 is 0 Å². The monoisotopic (exact) mass is 403 g/mol. The lowest BCUT2D eigenvalue weighted by Crippen LogP contribution is -2.51. The van der Waals surface area contributed by atoms with Crippen LogP contribution in [0.15, 0.2) is 47.6 Å². The van der Waals surface area contributed by atoms with Gasteiger partial charge in [0.05, 0.1) is 5.56 Å². The molecule has 2 aromatic rings. The zero-order chi connectivity index (χ0) is 19.5. The van der Waals surface area contributed by atoms with Crippen molar-refractivity contribution in [1.82, 2.24) is 9.29 Å². The predicted octanol–water partition coefficient (Wildman–Crippen LogP) is 3.70. The van der Waals surface area contributed by atoms with E-state index in [1.165, 1.54) is 19.1 Å². The van der Waals surface area contributed by atoms with E-state index in [-0.39, 0.29) is 14.9 Å². The Bertz CT molecular complexity index is 950. The molecule has 0 N–H and O–H groups in total. The van der Waals surface area contributed by atoms with E-state index >= 15 is 4.39 Å². The van der Waals surface area contributed by atoms with E-state index in [4.69, 9.17) is 16.9 Å². The van der Waals surface area contributed by atoms with E-state index < -0.39 is 39.2 Å². The summed E-state index contributed by atoms with van der Waals surface area (Å²) in [6.45, 7) is 0.632. The van der Waals surface area contributed by atoms with Crippen LogP contribution in [0.5, 0.6) is 0 Å².